The van der Waals surface area contributed by atoms with Crippen LogP contribution in [0.1, 0.15) is 19.3 Å². The van der Waals surface area contributed by atoms with Crippen molar-refractivity contribution in [2.45, 2.75) is 25.3 Å². The summed E-state index contributed by atoms with van der Waals surface area (Å²) in [5, 5.41) is 15.9. The van der Waals surface area contributed by atoms with Gasteiger partial charge in [-0.2, -0.15) is 0 Å². The zero-order valence-electron chi connectivity index (χ0n) is 11.6. The number of rotatable bonds is 3. The van der Waals surface area contributed by atoms with Crippen molar-refractivity contribution in [3.63, 3.8) is 0 Å². The van der Waals surface area contributed by atoms with Crippen LogP contribution in [0.2, 0.25) is 0 Å². The van der Waals surface area contributed by atoms with E-state index in [9.17, 15) is 9.90 Å². The van der Waals surface area contributed by atoms with Crippen LogP contribution in [0.25, 0.3) is 0 Å². The molecule has 0 spiro atoms. The van der Waals surface area contributed by atoms with Gasteiger partial charge in [-0.05, 0) is 43.4 Å². The lowest BCUT2D eigenvalue weighted by atomic mass is 9.93. The minimum atomic E-state index is -0.105. The van der Waals surface area contributed by atoms with E-state index >= 15 is 0 Å². The number of fused-ring (bicyclic) bond motifs is 1. The molecule has 5 nitrogen and oxygen atoms in total. The third-order valence-electron chi connectivity index (χ3n) is 4.47. The maximum absolute atomic E-state index is 12.3. The van der Waals surface area contributed by atoms with Crippen molar-refractivity contribution in [2.24, 2.45) is 11.8 Å². The maximum atomic E-state index is 12.3. The molecular weight excluding hydrogens is 256 g/mol. The van der Waals surface area contributed by atoms with Crippen molar-refractivity contribution in [1.82, 2.24) is 5.32 Å². The Labute approximate surface area is 118 Å². The van der Waals surface area contributed by atoms with Gasteiger partial charge in [0, 0.05) is 11.8 Å². The van der Waals surface area contributed by atoms with Crippen LogP contribution in [0, 0.1) is 11.8 Å². The zero-order valence-corrected chi connectivity index (χ0v) is 11.6. The van der Waals surface area contributed by atoms with Gasteiger partial charge in [0.1, 0.15) is 0 Å². The highest BCUT2D eigenvalue weighted by molar-refractivity contribution is 5.95. The van der Waals surface area contributed by atoms with Crippen LogP contribution in [0.15, 0.2) is 18.2 Å². The molecule has 1 heterocycles. The summed E-state index contributed by atoms with van der Waals surface area (Å²) in [6.45, 7) is 0.941. The van der Waals surface area contributed by atoms with E-state index in [1.807, 2.05) is 0 Å². The van der Waals surface area contributed by atoms with Crippen LogP contribution in [-0.2, 0) is 4.79 Å². The highest BCUT2D eigenvalue weighted by Crippen LogP contribution is 2.38. The van der Waals surface area contributed by atoms with Gasteiger partial charge >= 0.3 is 0 Å². The van der Waals surface area contributed by atoms with E-state index in [1.165, 1.54) is 26.0 Å². The van der Waals surface area contributed by atoms with E-state index in [0.717, 1.165) is 13.0 Å². The fourth-order valence-electron chi connectivity index (χ4n) is 3.46. The molecule has 0 bridgehead atoms. The lowest BCUT2D eigenvalue weighted by Crippen LogP contribution is -2.39. The number of nitrogens with one attached hydrogen (secondary N) is 2. The molecule has 3 N–H and O–H groups in total. The number of ether oxygens (including phenoxy) is 1. The van der Waals surface area contributed by atoms with Crippen molar-refractivity contribution in [2.75, 3.05) is 19.0 Å². The topological polar surface area (TPSA) is 70.6 Å². The van der Waals surface area contributed by atoms with Crippen LogP contribution in [0.4, 0.5) is 5.69 Å². The second-order valence-corrected chi connectivity index (χ2v) is 5.62. The van der Waals surface area contributed by atoms with Gasteiger partial charge in [0.15, 0.2) is 11.5 Å². The van der Waals surface area contributed by atoms with E-state index in [2.05, 4.69) is 10.6 Å². The summed E-state index contributed by atoms with van der Waals surface area (Å²) in [7, 11) is 1.50. The lowest BCUT2D eigenvalue weighted by molar-refractivity contribution is -0.118. The van der Waals surface area contributed by atoms with Crippen LogP contribution >= 0.6 is 0 Å². The van der Waals surface area contributed by atoms with Gasteiger partial charge in [0.25, 0.3) is 0 Å². The molecule has 1 amide bonds. The van der Waals surface area contributed by atoms with E-state index in [-0.39, 0.29) is 17.7 Å². The SMILES string of the molecule is COc1ccc(NC(=O)C2NCC3CCCC32)cc1O. The van der Waals surface area contributed by atoms with E-state index in [4.69, 9.17) is 4.74 Å². The summed E-state index contributed by atoms with van der Waals surface area (Å²) in [5.41, 5.74) is 0.594. The Bertz CT molecular complexity index is 518. The first kappa shape index (κ1) is 13.2. The third-order valence-corrected chi connectivity index (χ3v) is 4.47. The molecule has 1 aromatic rings. The first-order chi connectivity index (χ1) is 9.69. The van der Waals surface area contributed by atoms with E-state index in [0.29, 0.717) is 23.3 Å². The summed E-state index contributed by atoms with van der Waals surface area (Å²) in [6, 6.07) is 4.78. The van der Waals surface area contributed by atoms with Gasteiger partial charge in [0.2, 0.25) is 5.91 Å². The third kappa shape index (κ3) is 2.33. The van der Waals surface area contributed by atoms with E-state index in [1.54, 1.807) is 12.1 Å². The van der Waals surface area contributed by atoms with Gasteiger partial charge in [0.05, 0.1) is 13.2 Å². The number of carbonyl (C=O) groups is 1. The first-order valence-corrected chi connectivity index (χ1v) is 7.10. The average molecular weight is 276 g/mol. The van der Waals surface area contributed by atoms with Crippen molar-refractivity contribution in [3.8, 4) is 11.5 Å². The molecule has 1 aliphatic carbocycles. The quantitative estimate of drug-likeness (QED) is 0.786. The number of phenolic OH excluding ortho intramolecular Hbond substituents is 1. The fraction of sp³-hybridized carbons (Fsp3) is 0.533. The van der Waals surface area contributed by atoms with Crippen LogP contribution in [0.3, 0.4) is 0 Å². The molecule has 0 aromatic heterocycles. The number of carbonyl (C=O) groups excluding carboxylic acids is 1. The van der Waals surface area contributed by atoms with Gasteiger partial charge < -0.3 is 20.5 Å². The molecule has 1 saturated heterocycles. The number of aromatic hydroxyl groups is 1. The maximum Gasteiger partial charge on any atom is 0.241 e. The molecule has 5 heteroatoms. The predicted octanol–water partition coefficient (Wildman–Crippen LogP) is 1.73. The summed E-state index contributed by atoms with van der Waals surface area (Å²) >= 11 is 0. The highest BCUT2D eigenvalue weighted by Gasteiger charge is 2.42. The number of anilines is 1. The molecule has 3 rings (SSSR count). The molecule has 1 saturated carbocycles. The van der Waals surface area contributed by atoms with Gasteiger partial charge in [-0.1, -0.05) is 6.42 Å². The first-order valence-electron chi connectivity index (χ1n) is 7.10. The molecule has 2 fully saturated rings. The molecule has 3 atom stereocenters. The summed E-state index contributed by atoms with van der Waals surface area (Å²) in [5.74, 6) is 1.53. The Morgan fingerprint density at radius 3 is 3.05 bits per heavy atom. The van der Waals surface area contributed by atoms with Gasteiger partial charge in [-0.25, -0.2) is 0 Å². The van der Waals surface area contributed by atoms with Crippen molar-refractivity contribution in [3.05, 3.63) is 18.2 Å². The Kier molecular flexibility index (Phi) is 3.53. The molecule has 108 valence electrons. The van der Waals surface area contributed by atoms with E-state index < -0.39 is 0 Å². The lowest BCUT2D eigenvalue weighted by Gasteiger charge is -2.18. The largest absolute Gasteiger partial charge is 0.504 e. The predicted molar refractivity (Wildman–Crippen MR) is 75.9 cm³/mol. The second-order valence-electron chi connectivity index (χ2n) is 5.62. The normalized spacial score (nSPS) is 28.1. The molecule has 20 heavy (non-hydrogen) atoms. The molecule has 3 unspecified atom stereocenters. The monoisotopic (exact) mass is 276 g/mol. The molecule has 0 radical (unpaired) electrons. The minimum Gasteiger partial charge on any atom is -0.504 e. The standard InChI is InChI=1S/C15H20N2O3/c1-20-13-6-5-10(7-12(13)18)17-15(19)14-11-4-2-3-9(11)8-16-14/h5-7,9,11,14,16,18H,2-4,8H2,1H3,(H,17,19). The summed E-state index contributed by atoms with van der Waals surface area (Å²) < 4.78 is 4.99. The molecule has 1 aliphatic heterocycles. The summed E-state index contributed by atoms with van der Waals surface area (Å²) in [6.07, 6.45) is 3.58. The number of phenols is 1. The number of hydrogen-bond acceptors (Lipinski definition) is 4. The Balaban J connectivity index is 1.68. The molecular formula is C15H20N2O3. The minimum absolute atomic E-state index is 0.0102. The van der Waals surface area contributed by atoms with Crippen molar-refractivity contribution >= 4 is 11.6 Å². The molecule has 2 aliphatic rings. The van der Waals surface area contributed by atoms with Gasteiger partial charge in [-0.3, -0.25) is 4.79 Å². The summed E-state index contributed by atoms with van der Waals surface area (Å²) in [4.78, 5) is 12.3. The van der Waals surface area contributed by atoms with Crippen LogP contribution in [0.5, 0.6) is 11.5 Å². The van der Waals surface area contributed by atoms with Gasteiger partial charge in [-0.15, -0.1) is 0 Å². The Hall–Kier alpha value is -1.75. The van der Waals surface area contributed by atoms with Crippen molar-refractivity contribution < 1.29 is 14.6 Å². The van der Waals surface area contributed by atoms with Crippen LogP contribution < -0.4 is 15.4 Å². The fourth-order valence-corrected chi connectivity index (χ4v) is 3.46. The average Bonchev–Trinajstić information content (AvgIpc) is 3.00. The zero-order chi connectivity index (χ0) is 14.1. The number of hydrogen-bond donors (Lipinski definition) is 3. The highest BCUT2D eigenvalue weighted by atomic mass is 16.5. The second kappa shape index (κ2) is 5.32. The molecule has 1 aromatic carbocycles. The number of amides is 1. The number of methoxy groups -OCH3 is 1. The Morgan fingerprint density at radius 2 is 2.30 bits per heavy atom. The van der Waals surface area contributed by atoms with Crippen LogP contribution in [-0.4, -0.2) is 30.7 Å². The Morgan fingerprint density at radius 1 is 1.45 bits per heavy atom. The number of benzene rings is 1. The smallest absolute Gasteiger partial charge is 0.241 e. The van der Waals surface area contributed by atoms with Crippen molar-refractivity contribution in [1.29, 1.82) is 0 Å².